The van der Waals surface area contributed by atoms with E-state index in [1.54, 1.807) is 31.2 Å². The van der Waals surface area contributed by atoms with Gasteiger partial charge < -0.3 is 11.1 Å². The lowest BCUT2D eigenvalue weighted by Gasteiger charge is -2.18. The normalized spacial score (nSPS) is 13.6. The van der Waals surface area contributed by atoms with Gasteiger partial charge in [-0.3, -0.25) is 4.79 Å². The average molecular weight is 272 g/mol. The molecular formula is C16H17FN2O. The Bertz CT molecular complexity index is 586. The van der Waals surface area contributed by atoms with Gasteiger partial charge in [0.2, 0.25) is 5.91 Å². The maximum absolute atomic E-state index is 13.2. The van der Waals surface area contributed by atoms with E-state index >= 15 is 0 Å². The molecule has 3 N–H and O–H groups in total. The quantitative estimate of drug-likeness (QED) is 0.899. The molecule has 0 unspecified atom stereocenters. The van der Waals surface area contributed by atoms with Crippen LogP contribution in [-0.2, 0) is 4.79 Å². The highest BCUT2D eigenvalue weighted by molar-refractivity contribution is 5.83. The van der Waals surface area contributed by atoms with E-state index in [2.05, 4.69) is 5.32 Å². The van der Waals surface area contributed by atoms with E-state index in [-0.39, 0.29) is 17.8 Å². The Kier molecular flexibility index (Phi) is 4.48. The first-order chi connectivity index (χ1) is 9.58. The van der Waals surface area contributed by atoms with E-state index in [0.29, 0.717) is 5.56 Å². The highest BCUT2D eigenvalue weighted by Gasteiger charge is 2.18. The second-order valence-electron chi connectivity index (χ2n) is 4.67. The van der Waals surface area contributed by atoms with Crippen LogP contribution in [-0.4, -0.2) is 5.91 Å². The molecule has 0 aliphatic rings. The van der Waals surface area contributed by atoms with E-state index in [1.807, 2.05) is 18.2 Å². The molecule has 0 aromatic heterocycles. The van der Waals surface area contributed by atoms with E-state index in [9.17, 15) is 9.18 Å². The smallest absolute Gasteiger partial charge is 0.241 e. The Morgan fingerprint density at radius 2 is 1.75 bits per heavy atom. The van der Waals surface area contributed by atoms with E-state index in [1.165, 1.54) is 12.1 Å². The second kappa shape index (κ2) is 6.30. The van der Waals surface area contributed by atoms with Gasteiger partial charge in [0.05, 0.1) is 6.04 Å². The summed E-state index contributed by atoms with van der Waals surface area (Å²) in [5.41, 5.74) is 7.36. The molecule has 0 spiro atoms. The number of halogens is 1. The molecule has 0 bridgehead atoms. The molecule has 0 radical (unpaired) electrons. The molecular weight excluding hydrogens is 255 g/mol. The number of nitrogens with one attached hydrogen (secondary N) is 1. The van der Waals surface area contributed by atoms with Crippen molar-refractivity contribution >= 4 is 5.91 Å². The molecule has 0 saturated carbocycles. The lowest BCUT2D eigenvalue weighted by Crippen LogP contribution is -2.35. The zero-order valence-electron chi connectivity index (χ0n) is 11.2. The molecule has 0 aliphatic heterocycles. The molecule has 104 valence electrons. The highest BCUT2D eigenvalue weighted by Crippen LogP contribution is 2.16. The lowest BCUT2D eigenvalue weighted by molar-refractivity contribution is -0.123. The van der Waals surface area contributed by atoms with Crippen molar-refractivity contribution in [2.24, 2.45) is 5.73 Å². The van der Waals surface area contributed by atoms with Gasteiger partial charge in [0.25, 0.3) is 0 Å². The number of hydrogen-bond acceptors (Lipinski definition) is 2. The van der Waals surface area contributed by atoms with E-state index < -0.39 is 6.04 Å². The zero-order chi connectivity index (χ0) is 14.5. The number of hydrogen-bond donors (Lipinski definition) is 2. The van der Waals surface area contributed by atoms with Crippen LogP contribution < -0.4 is 11.1 Å². The van der Waals surface area contributed by atoms with Crippen LogP contribution in [0.3, 0.4) is 0 Å². The summed E-state index contributed by atoms with van der Waals surface area (Å²) < 4.78 is 13.2. The van der Waals surface area contributed by atoms with Crippen LogP contribution in [0.2, 0.25) is 0 Å². The molecule has 0 fully saturated rings. The Balaban J connectivity index is 2.04. The van der Waals surface area contributed by atoms with Crippen LogP contribution in [0.15, 0.2) is 54.6 Å². The van der Waals surface area contributed by atoms with Crippen molar-refractivity contribution in [1.29, 1.82) is 0 Å². The summed E-state index contributed by atoms with van der Waals surface area (Å²) >= 11 is 0. The van der Waals surface area contributed by atoms with Gasteiger partial charge in [-0.25, -0.2) is 4.39 Å². The Hall–Kier alpha value is -2.20. The number of benzene rings is 2. The van der Waals surface area contributed by atoms with Crippen molar-refractivity contribution < 1.29 is 9.18 Å². The predicted molar refractivity (Wildman–Crippen MR) is 76.3 cm³/mol. The maximum Gasteiger partial charge on any atom is 0.241 e. The molecule has 0 heterocycles. The zero-order valence-corrected chi connectivity index (χ0v) is 11.2. The molecule has 2 aromatic carbocycles. The molecule has 2 rings (SSSR count). The first-order valence-corrected chi connectivity index (χ1v) is 6.44. The van der Waals surface area contributed by atoms with Crippen LogP contribution in [0.25, 0.3) is 0 Å². The van der Waals surface area contributed by atoms with Gasteiger partial charge in [-0.15, -0.1) is 0 Å². The third-order valence-corrected chi connectivity index (χ3v) is 3.15. The number of rotatable bonds is 4. The Morgan fingerprint density at radius 1 is 1.10 bits per heavy atom. The van der Waals surface area contributed by atoms with Crippen molar-refractivity contribution in [3.05, 3.63) is 71.5 Å². The number of nitrogens with two attached hydrogens (primary N) is 1. The molecule has 0 saturated heterocycles. The minimum atomic E-state index is -0.729. The Labute approximate surface area is 117 Å². The number of carbonyl (C=O) groups excluding carboxylic acids is 1. The first kappa shape index (κ1) is 14.2. The van der Waals surface area contributed by atoms with Crippen molar-refractivity contribution in [2.75, 3.05) is 0 Å². The fourth-order valence-electron chi connectivity index (χ4n) is 1.97. The van der Waals surface area contributed by atoms with Crippen LogP contribution in [0.4, 0.5) is 4.39 Å². The van der Waals surface area contributed by atoms with Crippen LogP contribution in [0.5, 0.6) is 0 Å². The summed E-state index contributed by atoms with van der Waals surface area (Å²) in [5, 5.41) is 2.79. The minimum absolute atomic E-state index is 0.284. The fraction of sp³-hybridized carbons (Fsp3) is 0.188. The van der Waals surface area contributed by atoms with Gasteiger partial charge in [0.1, 0.15) is 11.9 Å². The summed E-state index contributed by atoms with van der Waals surface area (Å²) in [6.45, 7) is 1.80. The van der Waals surface area contributed by atoms with Crippen LogP contribution >= 0.6 is 0 Å². The van der Waals surface area contributed by atoms with E-state index in [0.717, 1.165) is 5.56 Å². The van der Waals surface area contributed by atoms with Gasteiger partial charge in [-0.2, -0.15) is 0 Å². The van der Waals surface area contributed by atoms with Gasteiger partial charge in [-0.1, -0.05) is 42.5 Å². The van der Waals surface area contributed by atoms with Crippen LogP contribution in [0, 0.1) is 5.82 Å². The number of amides is 1. The van der Waals surface area contributed by atoms with Gasteiger partial charge in [0.15, 0.2) is 0 Å². The fourth-order valence-corrected chi connectivity index (χ4v) is 1.97. The summed E-state index contributed by atoms with van der Waals surface area (Å²) in [5.74, 6) is -0.607. The third kappa shape index (κ3) is 3.42. The summed E-state index contributed by atoms with van der Waals surface area (Å²) in [6.07, 6.45) is 0. The topological polar surface area (TPSA) is 55.1 Å². The summed E-state index contributed by atoms with van der Waals surface area (Å²) in [6, 6.07) is 14.3. The average Bonchev–Trinajstić information content (AvgIpc) is 2.47. The predicted octanol–water partition coefficient (Wildman–Crippen LogP) is 2.70. The molecule has 4 heteroatoms. The molecule has 3 nitrogen and oxygen atoms in total. The van der Waals surface area contributed by atoms with E-state index in [4.69, 9.17) is 5.73 Å². The first-order valence-electron chi connectivity index (χ1n) is 6.44. The standard InChI is InChI=1S/C16H17FN2O/c1-11(13-8-5-9-14(17)10-13)19-16(20)15(18)12-6-3-2-4-7-12/h2-11,15H,18H2,1H3,(H,19,20)/t11-,15+/m0/s1. The third-order valence-electron chi connectivity index (χ3n) is 3.15. The monoisotopic (exact) mass is 272 g/mol. The maximum atomic E-state index is 13.2. The Morgan fingerprint density at radius 3 is 2.40 bits per heavy atom. The molecule has 1 amide bonds. The van der Waals surface area contributed by atoms with Crippen molar-refractivity contribution in [1.82, 2.24) is 5.32 Å². The summed E-state index contributed by atoms with van der Waals surface area (Å²) in [4.78, 5) is 12.1. The second-order valence-corrected chi connectivity index (χ2v) is 4.67. The van der Waals surface area contributed by atoms with Gasteiger partial charge in [-0.05, 0) is 30.2 Å². The van der Waals surface area contributed by atoms with Gasteiger partial charge in [0, 0.05) is 0 Å². The summed E-state index contributed by atoms with van der Waals surface area (Å²) in [7, 11) is 0. The molecule has 2 aromatic rings. The molecule has 2 atom stereocenters. The minimum Gasteiger partial charge on any atom is -0.348 e. The largest absolute Gasteiger partial charge is 0.348 e. The molecule has 0 aliphatic carbocycles. The SMILES string of the molecule is C[C@H](NC(=O)[C@H](N)c1ccccc1)c1cccc(F)c1. The lowest BCUT2D eigenvalue weighted by atomic mass is 10.0. The molecule has 20 heavy (non-hydrogen) atoms. The van der Waals surface area contributed by atoms with Crippen molar-refractivity contribution in [3.8, 4) is 0 Å². The highest BCUT2D eigenvalue weighted by atomic mass is 19.1. The number of carbonyl (C=O) groups is 1. The van der Waals surface area contributed by atoms with Crippen LogP contribution in [0.1, 0.15) is 30.1 Å². The van der Waals surface area contributed by atoms with Gasteiger partial charge >= 0.3 is 0 Å². The van der Waals surface area contributed by atoms with Crippen molar-refractivity contribution in [3.63, 3.8) is 0 Å². The van der Waals surface area contributed by atoms with Crippen molar-refractivity contribution in [2.45, 2.75) is 19.0 Å².